The molecule has 0 aliphatic carbocycles. The maximum Gasteiger partial charge on any atom is 0.194 e. The van der Waals surface area contributed by atoms with Gasteiger partial charge in [-0.3, -0.25) is 0 Å². The molecular weight excluding hydrogens is 182 g/mol. The first-order valence-corrected chi connectivity index (χ1v) is 4.27. The maximum atomic E-state index is 9.01. The van der Waals surface area contributed by atoms with Crippen molar-refractivity contribution in [2.75, 3.05) is 0 Å². The third-order valence-electron chi connectivity index (χ3n) is 1.95. The van der Waals surface area contributed by atoms with Gasteiger partial charge in [0.1, 0.15) is 0 Å². The standard InChI is InChI=1S/C8H11N5O/c1-12-10-8(9-11-12)5-13-4-2-3-7(13)6-14/h2-4,14H,5-6H2,1H3. The predicted octanol–water partition coefficient (Wildman–Crippen LogP) is -0.448. The van der Waals surface area contributed by atoms with Gasteiger partial charge in [0.05, 0.1) is 20.2 Å². The van der Waals surface area contributed by atoms with Crippen molar-refractivity contribution in [3.63, 3.8) is 0 Å². The lowest BCUT2D eigenvalue weighted by atomic mass is 10.4. The normalized spacial score (nSPS) is 10.7. The molecule has 0 unspecified atom stereocenters. The van der Waals surface area contributed by atoms with Crippen LogP contribution in [-0.2, 0) is 20.2 Å². The fourth-order valence-electron chi connectivity index (χ4n) is 1.29. The van der Waals surface area contributed by atoms with Crippen molar-refractivity contribution >= 4 is 0 Å². The smallest absolute Gasteiger partial charge is 0.194 e. The van der Waals surface area contributed by atoms with Crippen LogP contribution in [0.2, 0.25) is 0 Å². The summed E-state index contributed by atoms with van der Waals surface area (Å²) >= 11 is 0. The van der Waals surface area contributed by atoms with Crippen LogP contribution in [0.5, 0.6) is 0 Å². The summed E-state index contributed by atoms with van der Waals surface area (Å²) in [7, 11) is 1.72. The van der Waals surface area contributed by atoms with Crippen molar-refractivity contribution in [3.05, 3.63) is 29.8 Å². The Kier molecular flexibility index (Phi) is 2.28. The Hall–Kier alpha value is -1.69. The first-order chi connectivity index (χ1) is 6.79. The van der Waals surface area contributed by atoms with Crippen LogP contribution in [0.3, 0.4) is 0 Å². The van der Waals surface area contributed by atoms with Crippen molar-refractivity contribution in [1.82, 2.24) is 24.8 Å². The van der Waals surface area contributed by atoms with Crippen LogP contribution in [-0.4, -0.2) is 29.9 Å². The van der Waals surface area contributed by atoms with Gasteiger partial charge in [-0.15, -0.1) is 10.2 Å². The van der Waals surface area contributed by atoms with E-state index in [1.807, 2.05) is 22.9 Å². The monoisotopic (exact) mass is 193 g/mol. The first kappa shape index (κ1) is 8.89. The molecule has 0 spiro atoms. The van der Waals surface area contributed by atoms with Crippen LogP contribution in [0.4, 0.5) is 0 Å². The zero-order chi connectivity index (χ0) is 9.97. The number of tetrazole rings is 1. The molecule has 74 valence electrons. The Morgan fingerprint density at radius 2 is 2.36 bits per heavy atom. The van der Waals surface area contributed by atoms with Crippen molar-refractivity contribution in [2.24, 2.45) is 7.05 Å². The molecule has 0 atom stereocenters. The Labute approximate surface area is 80.8 Å². The van der Waals surface area contributed by atoms with E-state index in [4.69, 9.17) is 5.11 Å². The molecule has 0 radical (unpaired) electrons. The van der Waals surface area contributed by atoms with E-state index in [0.717, 1.165) is 5.69 Å². The summed E-state index contributed by atoms with van der Waals surface area (Å²) < 4.78 is 1.89. The Morgan fingerprint density at radius 1 is 1.50 bits per heavy atom. The first-order valence-electron chi connectivity index (χ1n) is 4.27. The molecule has 0 aliphatic rings. The molecule has 2 aromatic rings. The van der Waals surface area contributed by atoms with Crippen molar-refractivity contribution in [3.8, 4) is 0 Å². The second-order valence-electron chi connectivity index (χ2n) is 2.98. The van der Waals surface area contributed by atoms with Gasteiger partial charge < -0.3 is 9.67 Å². The van der Waals surface area contributed by atoms with E-state index in [2.05, 4.69) is 15.4 Å². The minimum Gasteiger partial charge on any atom is -0.390 e. The van der Waals surface area contributed by atoms with Crippen LogP contribution in [0.15, 0.2) is 18.3 Å². The summed E-state index contributed by atoms with van der Waals surface area (Å²) in [5, 5.41) is 20.7. The predicted molar refractivity (Wildman–Crippen MR) is 48.3 cm³/mol. The molecule has 0 saturated heterocycles. The van der Waals surface area contributed by atoms with Gasteiger partial charge >= 0.3 is 0 Å². The Balaban J connectivity index is 2.18. The average Bonchev–Trinajstić information content (AvgIpc) is 2.76. The fourth-order valence-corrected chi connectivity index (χ4v) is 1.29. The van der Waals surface area contributed by atoms with Gasteiger partial charge in [-0.2, -0.15) is 4.80 Å². The molecule has 2 aromatic heterocycles. The summed E-state index contributed by atoms with van der Waals surface area (Å²) in [6.45, 7) is 0.560. The molecule has 0 aromatic carbocycles. The highest BCUT2D eigenvalue weighted by Gasteiger charge is 2.04. The van der Waals surface area contributed by atoms with Crippen LogP contribution in [0.1, 0.15) is 11.5 Å². The number of nitrogens with zero attached hydrogens (tertiary/aromatic N) is 5. The molecule has 6 nitrogen and oxygen atoms in total. The summed E-state index contributed by atoms with van der Waals surface area (Å²) in [4.78, 5) is 1.41. The van der Waals surface area contributed by atoms with E-state index in [1.54, 1.807) is 7.05 Å². The second-order valence-corrected chi connectivity index (χ2v) is 2.98. The third kappa shape index (κ3) is 1.64. The molecule has 0 fully saturated rings. The lowest BCUT2D eigenvalue weighted by molar-refractivity contribution is 0.271. The van der Waals surface area contributed by atoms with Crippen LogP contribution >= 0.6 is 0 Å². The van der Waals surface area contributed by atoms with E-state index in [0.29, 0.717) is 12.4 Å². The average molecular weight is 193 g/mol. The number of hydrogen-bond donors (Lipinski definition) is 1. The largest absolute Gasteiger partial charge is 0.390 e. The fraction of sp³-hybridized carbons (Fsp3) is 0.375. The molecule has 14 heavy (non-hydrogen) atoms. The molecule has 2 rings (SSSR count). The second kappa shape index (κ2) is 3.59. The van der Waals surface area contributed by atoms with Gasteiger partial charge in [-0.25, -0.2) is 0 Å². The molecule has 0 saturated carbocycles. The summed E-state index contributed by atoms with van der Waals surface area (Å²) in [6, 6.07) is 3.73. The van der Waals surface area contributed by atoms with E-state index in [9.17, 15) is 0 Å². The highest BCUT2D eigenvalue weighted by molar-refractivity contribution is 5.07. The van der Waals surface area contributed by atoms with E-state index >= 15 is 0 Å². The van der Waals surface area contributed by atoms with Crippen molar-refractivity contribution in [2.45, 2.75) is 13.2 Å². The van der Waals surface area contributed by atoms with Gasteiger partial charge in [0.25, 0.3) is 0 Å². The molecule has 2 heterocycles. The Morgan fingerprint density at radius 3 is 3.00 bits per heavy atom. The third-order valence-corrected chi connectivity index (χ3v) is 1.95. The zero-order valence-corrected chi connectivity index (χ0v) is 7.83. The number of aryl methyl sites for hydroxylation is 1. The highest BCUT2D eigenvalue weighted by atomic mass is 16.3. The summed E-state index contributed by atoms with van der Waals surface area (Å²) in [6.07, 6.45) is 1.88. The number of rotatable bonds is 3. The number of aliphatic hydroxyl groups is 1. The van der Waals surface area contributed by atoms with Crippen LogP contribution in [0.25, 0.3) is 0 Å². The molecule has 0 aliphatic heterocycles. The minimum atomic E-state index is 0.0211. The van der Waals surface area contributed by atoms with Gasteiger partial charge in [0.15, 0.2) is 5.82 Å². The van der Waals surface area contributed by atoms with E-state index in [-0.39, 0.29) is 6.61 Å². The van der Waals surface area contributed by atoms with Crippen molar-refractivity contribution < 1.29 is 5.11 Å². The van der Waals surface area contributed by atoms with Crippen molar-refractivity contribution in [1.29, 1.82) is 0 Å². The van der Waals surface area contributed by atoms with E-state index in [1.165, 1.54) is 4.80 Å². The molecule has 0 bridgehead atoms. The maximum absolute atomic E-state index is 9.01. The number of hydrogen-bond acceptors (Lipinski definition) is 4. The van der Waals surface area contributed by atoms with Crippen LogP contribution < -0.4 is 0 Å². The SMILES string of the molecule is Cn1nnc(Cn2cccc2CO)n1. The number of aliphatic hydroxyl groups excluding tert-OH is 1. The summed E-state index contributed by atoms with van der Waals surface area (Å²) in [5.41, 5.74) is 0.845. The number of aromatic nitrogens is 5. The quantitative estimate of drug-likeness (QED) is 0.717. The highest BCUT2D eigenvalue weighted by Crippen LogP contribution is 2.03. The Bertz CT molecular complexity index is 419. The molecule has 6 heteroatoms. The zero-order valence-electron chi connectivity index (χ0n) is 7.83. The summed E-state index contributed by atoms with van der Waals surface area (Å²) in [5.74, 6) is 0.637. The van der Waals surface area contributed by atoms with Gasteiger partial charge in [-0.1, -0.05) is 0 Å². The van der Waals surface area contributed by atoms with Gasteiger partial charge in [0, 0.05) is 11.9 Å². The topological polar surface area (TPSA) is 68.8 Å². The van der Waals surface area contributed by atoms with Crippen LogP contribution in [0, 0.1) is 0 Å². The molecule has 0 amide bonds. The minimum absolute atomic E-state index is 0.0211. The lowest BCUT2D eigenvalue weighted by Crippen LogP contribution is -2.05. The lowest BCUT2D eigenvalue weighted by Gasteiger charge is -2.02. The van der Waals surface area contributed by atoms with E-state index < -0.39 is 0 Å². The molecular formula is C8H11N5O. The van der Waals surface area contributed by atoms with Gasteiger partial charge in [0.2, 0.25) is 0 Å². The molecule has 1 N–H and O–H groups in total. The van der Waals surface area contributed by atoms with Gasteiger partial charge in [-0.05, 0) is 17.3 Å².